The van der Waals surface area contributed by atoms with Gasteiger partial charge in [0.1, 0.15) is 0 Å². The second-order valence-electron chi connectivity index (χ2n) is 6.66. The van der Waals surface area contributed by atoms with Crippen molar-refractivity contribution in [2.75, 3.05) is 0 Å². The van der Waals surface area contributed by atoms with Crippen molar-refractivity contribution in [2.45, 2.75) is 25.7 Å². The van der Waals surface area contributed by atoms with E-state index in [4.69, 9.17) is 0 Å². The van der Waals surface area contributed by atoms with Gasteiger partial charge in [-0.2, -0.15) is 0 Å². The van der Waals surface area contributed by atoms with Crippen molar-refractivity contribution in [3.63, 3.8) is 0 Å². The summed E-state index contributed by atoms with van der Waals surface area (Å²) < 4.78 is 0. The molecule has 1 heteroatoms. The summed E-state index contributed by atoms with van der Waals surface area (Å²) in [5.74, 6) is 1.25. The van der Waals surface area contributed by atoms with Crippen LogP contribution in [0.1, 0.15) is 36.0 Å². The van der Waals surface area contributed by atoms with Crippen molar-refractivity contribution >= 4 is 0 Å². The minimum absolute atomic E-state index is 0.511. The first-order valence-corrected chi connectivity index (χ1v) is 8.39. The normalized spacial score (nSPS) is 20.0. The Bertz CT molecular complexity index is 807. The van der Waals surface area contributed by atoms with E-state index in [2.05, 4.69) is 72.6 Å². The second-order valence-corrected chi connectivity index (χ2v) is 6.66. The largest absolute Gasteiger partial charge is 0.265 e. The molecule has 0 radical (unpaired) electrons. The average molecular weight is 299 g/mol. The van der Waals surface area contributed by atoms with E-state index >= 15 is 0 Å². The number of rotatable bonds is 2. The van der Waals surface area contributed by atoms with Crippen molar-refractivity contribution in [1.82, 2.24) is 4.98 Å². The molecule has 0 aliphatic heterocycles. The molecular formula is C22H21N. The van der Waals surface area contributed by atoms with Gasteiger partial charge in [0.2, 0.25) is 0 Å². The maximum absolute atomic E-state index is 4.12. The van der Waals surface area contributed by atoms with Crippen LogP contribution < -0.4 is 0 Å². The van der Waals surface area contributed by atoms with E-state index in [0.29, 0.717) is 5.92 Å². The average Bonchev–Trinajstić information content (AvgIpc) is 2.62. The highest BCUT2D eigenvalue weighted by molar-refractivity contribution is 5.64. The van der Waals surface area contributed by atoms with Gasteiger partial charge in [-0.05, 0) is 58.7 Å². The van der Waals surface area contributed by atoms with Gasteiger partial charge in [-0.15, -0.1) is 0 Å². The molecule has 0 spiro atoms. The van der Waals surface area contributed by atoms with E-state index in [9.17, 15) is 0 Å². The van der Waals surface area contributed by atoms with Crippen molar-refractivity contribution in [3.8, 4) is 11.1 Å². The summed E-state index contributed by atoms with van der Waals surface area (Å²) in [7, 11) is 0. The fraction of sp³-hybridized carbons (Fsp3) is 0.227. The SMILES string of the molecule is C[C@@H]1Cc2ccccc2[C@@H](c2cccc(-c3ccncc3)c2)C1. The quantitative estimate of drug-likeness (QED) is 0.612. The molecule has 1 heterocycles. The third kappa shape index (κ3) is 2.79. The van der Waals surface area contributed by atoms with Crippen LogP contribution >= 0.6 is 0 Å². The summed E-state index contributed by atoms with van der Waals surface area (Å²) >= 11 is 0. The zero-order valence-electron chi connectivity index (χ0n) is 13.4. The molecule has 1 aromatic heterocycles. The molecule has 3 aromatic rings. The first-order valence-electron chi connectivity index (χ1n) is 8.39. The van der Waals surface area contributed by atoms with E-state index in [1.54, 1.807) is 0 Å². The van der Waals surface area contributed by atoms with Gasteiger partial charge in [0, 0.05) is 18.3 Å². The second kappa shape index (κ2) is 6.00. The van der Waals surface area contributed by atoms with E-state index in [0.717, 1.165) is 5.92 Å². The number of benzene rings is 2. The molecule has 2 aromatic carbocycles. The monoisotopic (exact) mass is 299 g/mol. The molecule has 0 bridgehead atoms. The smallest absolute Gasteiger partial charge is 0.0273 e. The highest BCUT2D eigenvalue weighted by Crippen LogP contribution is 2.39. The molecule has 1 aliphatic carbocycles. The van der Waals surface area contributed by atoms with E-state index < -0.39 is 0 Å². The number of pyridine rings is 1. The molecule has 0 fully saturated rings. The molecule has 0 saturated heterocycles. The van der Waals surface area contributed by atoms with E-state index in [1.165, 1.54) is 40.7 Å². The lowest BCUT2D eigenvalue weighted by Crippen LogP contribution is -2.17. The molecule has 0 unspecified atom stereocenters. The molecular weight excluding hydrogens is 278 g/mol. The van der Waals surface area contributed by atoms with Crippen LogP contribution in [-0.4, -0.2) is 4.98 Å². The highest BCUT2D eigenvalue weighted by atomic mass is 14.6. The zero-order valence-corrected chi connectivity index (χ0v) is 13.4. The highest BCUT2D eigenvalue weighted by Gasteiger charge is 2.25. The Labute approximate surface area is 138 Å². The summed E-state index contributed by atoms with van der Waals surface area (Å²) in [5, 5.41) is 0. The van der Waals surface area contributed by atoms with Gasteiger partial charge in [-0.25, -0.2) is 0 Å². The number of hydrogen-bond acceptors (Lipinski definition) is 1. The Morgan fingerprint density at radius 2 is 1.70 bits per heavy atom. The fourth-order valence-corrected chi connectivity index (χ4v) is 3.84. The van der Waals surface area contributed by atoms with Crippen LogP contribution in [0, 0.1) is 5.92 Å². The van der Waals surface area contributed by atoms with Gasteiger partial charge in [0.25, 0.3) is 0 Å². The van der Waals surface area contributed by atoms with Gasteiger partial charge < -0.3 is 0 Å². The topological polar surface area (TPSA) is 12.9 Å². The fourth-order valence-electron chi connectivity index (χ4n) is 3.84. The Morgan fingerprint density at radius 1 is 0.870 bits per heavy atom. The first-order chi connectivity index (χ1) is 11.3. The van der Waals surface area contributed by atoms with Gasteiger partial charge >= 0.3 is 0 Å². The van der Waals surface area contributed by atoms with Crippen LogP contribution in [0.25, 0.3) is 11.1 Å². The third-order valence-electron chi connectivity index (χ3n) is 4.94. The minimum Gasteiger partial charge on any atom is -0.265 e. The lowest BCUT2D eigenvalue weighted by atomic mass is 9.74. The molecule has 114 valence electrons. The predicted molar refractivity (Wildman–Crippen MR) is 95.4 cm³/mol. The number of hydrogen-bond donors (Lipinski definition) is 0. The molecule has 4 rings (SSSR count). The predicted octanol–water partition coefficient (Wildman–Crippen LogP) is 5.46. The Balaban J connectivity index is 1.77. The van der Waals surface area contributed by atoms with Crippen LogP contribution in [0.15, 0.2) is 73.1 Å². The first kappa shape index (κ1) is 14.2. The van der Waals surface area contributed by atoms with E-state index in [1.807, 2.05) is 12.4 Å². The number of aromatic nitrogens is 1. The van der Waals surface area contributed by atoms with Crippen LogP contribution in [-0.2, 0) is 6.42 Å². The van der Waals surface area contributed by atoms with Crippen molar-refractivity contribution in [1.29, 1.82) is 0 Å². The van der Waals surface area contributed by atoms with Crippen molar-refractivity contribution < 1.29 is 0 Å². The summed E-state index contributed by atoms with van der Waals surface area (Å²) in [4.78, 5) is 4.12. The van der Waals surface area contributed by atoms with Crippen LogP contribution in [0.3, 0.4) is 0 Å². The van der Waals surface area contributed by atoms with Crippen molar-refractivity contribution in [3.05, 3.63) is 89.7 Å². The summed E-state index contributed by atoms with van der Waals surface area (Å²) in [6.45, 7) is 2.37. The molecule has 0 saturated carbocycles. The van der Waals surface area contributed by atoms with E-state index in [-0.39, 0.29) is 0 Å². The summed E-state index contributed by atoms with van der Waals surface area (Å²) in [6, 6.07) is 22.1. The molecule has 2 atom stereocenters. The van der Waals surface area contributed by atoms with Gasteiger partial charge in [0.15, 0.2) is 0 Å². The van der Waals surface area contributed by atoms with Gasteiger partial charge in [-0.3, -0.25) is 4.98 Å². The molecule has 0 N–H and O–H groups in total. The molecule has 0 amide bonds. The van der Waals surface area contributed by atoms with Gasteiger partial charge in [0.05, 0.1) is 0 Å². The lowest BCUT2D eigenvalue weighted by Gasteiger charge is -2.30. The Kier molecular flexibility index (Phi) is 3.70. The van der Waals surface area contributed by atoms with Crippen LogP contribution in [0.2, 0.25) is 0 Å². The maximum atomic E-state index is 4.12. The van der Waals surface area contributed by atoms with Crippen molar-refractivity contribution in [2.24, 2.45) is 5.92 Å². The van der Waals surface area contributed by atoms with Gasteiger partial charge in [-0.1, -0.05) is 55.5 Å². The summed E-state index contributed by atoms with van der Waals surface area (Å²) in [6.07, 6.45) is 6.16. The van der Waals surface area contributed by atoms with Crippen LogP contribution in [0.4, 0.5) is 0 Å². The molecule has 1 nitrogen and oxygen atoms in total. The zero-order chi connectivity index (χ0) is 15.6. The summed E-state index contributed by atoms with van der Waals surface area (Å²) in [5.41, 5.74) is 6.97. The number of nitrogens with zero attached hydrogens (tertiary/aromatic N) is 1. The third-order valence-corrected chi connectivity index (χ3v) is 4.94. The lowest BCUT2D eigenvalue weighted by molar-refractivity contribution is 0.464. The molecule has 23 heavy (non-hydrogen) atoms. The standard InChI is InChI=1S/C22H21N/c1-16-13-19-5-2-3-8-21(19)22(14-16)20-7-4-6-18(15-20)17-9-11-23-12-10-17/h2-12,15-16,22H,13-14H2,1H3/t16-,22-/m1/s1. The maximum Gasteiger partial charge on any atom is 0.0273 e. The number of fused-ring (bicyclic) bond motifs is 1. The minimum atomic E-state index is 0.511. The molecule has 1 aliphatic rings. The Morgan fingerprint density at radius 3 is 2.57 bits per heavy atom. The van der Waals surface area contributed by atoms with Crippen LogP contribution in [0.5, 0.6) is 0 Å². The Hall–Kier alpha value is -2.41.